The summed E-state index contributed by atoms with van der Waals surface area (Å²) >= 11 is 3.44. The van der Waals surface area contributed by atoms with Gasteiger partial charge in [0.15, 0.2) is 0 Å². The first-order valence-electron chi connectivity index (χ1n) is 12.9. The second kappa shape index (κ2) is 12.2. The zero-order valence-electron chi connectivity index (χ0n) is 21.5. The monoisotopic (exact) mass is 598 g/mol. The van der Waals surface area contributed by atoms with Crippen molar-refractivity contribution in [3.8, 4) is 11.1 Å². The molecule has 0 saturated carbocycles. The van der Waals surface area contributed by atoms with Gasteiger partial charge in [0.25, 0.3) is 5.91 Å². The van der Waals surface area contributed by atoms with E-state index >= 15 is 0 Å². The smallest absolute Gasteiger partial charge is 0.411 e. The van der Waals surface area contributed by atoms with Gasteiger partial charge in [0.1, 0.15) is 6.61 Å². The molecule has 0 atom stereocenters. The van der Waals surface area contributed by atoms with Crippen molar-refractivity contribution in [3.63, 3.8) is 0 Å². The summed E-state index contributed by atoms with van der Waals surface area (Å²) in [6.07, 6.45) is -0.820. The number of anilines is 1. The average Bonchev–Trinajstić information content (AvgIpc) is 3.29. The van der Waals surface area contributed by atoms with Crippen molar-refractivity contribution < 1.29 is 24.2 Å². The molecular formula is C32H27BrN2O5. The van der Waals surface area contributed by atoms with Crippen LogP contribution in [0.3, 0.4) is 0 Å². The Hall–Kier alpha value is -4.43. The number of fused-ring (bicyclic) bond motifs is 3. The minimum Gasteiger partial charge on any atom is -0.481 e. The highest BCUT2D eigenvalue weighted by atomic mass is 79.9. The maximum atomic E-state index is 13.4. The molecule has 4 aromatic rings. The molecular weight excluding hydrogens is 572 g/mol. The average molecular weight is 599 g/mol. The van der Waals surface area contributed by atoms with Crippen molar-refractivity contribution >= 4 is 39.6 Å². The van der Waals surface area contributed by atoms with Crippen LogP contribution in [0.2, 0.25) is 0 Å². The van der Waals surface area contributed by atoms with E-state index in [0.717, 1.165) is 27.8 Å². The molecule has 2 amide bonds. The van der Waals surface area contributed by atoms with Gasteiger partial charge < -0.3 is 14.7 Å². The quantitative estimate of drug-likeness (QED) is 0.218. The number of benzene rings is 4. The van der Waals surface area contributed by atoms with Gasteiger partial charge >= 0.3 is 12.1 Å². The van der Waals surface area contributed by atoms with E-state index in [0.29, 0.717) is 15.7 Å². The summed E-state index contributed by atoms with van der Waals surface area (Å²) in [7, 11) is 0. The summed E-state index contributed by atoms with van der Waals surface area (Å²) < 4.78 is 6.24. The third-order valence-electron chi connectivity index (χ3n) is 6.89. The SMILES string of the molecule is O=C(O)CCN(Cc1ccccc1)C(=O)c1ccc(Br)c(NC(=O)OCC2c3ccccc3-c3ccccc32)c1. The Bertz CT molecular complexity index is 1510. The molecule has 0 radical (unpaired) electrons. The predicted octanol–water partition coefficient (Wildman–Crippen LogP) is 6.93. The van der Waals surface area contributed by atoms with Crippen molar-refractivity contribution in [1.29, 1.82) is 0 Å². The Labute approximate surface area is 240 Å². The fourth-order valence-corrected chi connectivity index (χ4v) is 5.31. The van der Waals surface area contributed by atoms with Crippen molar-refractivity contribution in [3.05, 3.63) is 124 Å². The van der Waals surface area contributed by atoms with Gasteiger partial charge in [-0.25, -0.2) is 4.79 Å². The van der Waals surface area contributed by atoms with Crippen LogP contribution in [0.1, 0.15) is 39.4 Å². The number of nitrogens with zero attached hydrogens (tertiary/aromatic N) is 1. The van der Waals surface area contributed by atoms with E-state index in [1.165, 1.54) is 4.90 Å². The third-order valence-corrected chi connectivity index (χ3v) is 7.58. The molecule has 4 aromatic carbocycles. The molecule has 1 aliphatic carbocycles. The highest BCUT2D eigenvalue weighted by Crippen LogP contribution is 2.44. The largest absolute Gasteiger partial charge is 0.481 e. The lowest BCUT2D eigenvalue weighted by Gasteiger charge is -2.23. The number of halogens is 1. The molecule has 202 valence electrons. The summed E-state index contributed by atoms with van der Waals surface area (Å²) in [5.74, 6) is -1.40. The van der Waals surface area contributed by atoms with Gasteiger partial charge in [-0.15, -0.1) is 0 Å². The maximum Gasteiger partial charge on any atom is 0.411 e. The van der Waals surface area contributed by atoms with E-state index in [9.17, 15) is 19.5 Å². The van der Waals surface area contributed by atoms with E-state index in [4.69, 9.17) is 4.74 Å². The van der Waals surface area contributed by atoms with Gasteiger partial charge in [-0.2, -0.15) is 0 Å². The number of carbonyl (C=O) groups is 3. The summed E-state index contributed by atoms with van der Waals surface area (Å²) in [4.78, 5) is 39.0. The lowest BCUT2D eigenvalue weighted by atomic mass is 9.98. The van der Waals surface area contributed by atoms with Gasteiger partial charge in [-0.05, 0) is 61.9 Å². The molecule has 0 aromatic heterocycles. The maximum absolute atomic E-state index is 13.4. The van der Waals surface area contributed by atoms with E-state index < -0.39 is 12.1 Å². The standard InChI is InChI=1S/C32H27BrN2O5/c33-28-15-14-22(31(38)35(17-16-30(36)37)19-21-8-2-1-3-9-21)18-29(28)34-32(39)40-20-27-25-12-6-4-10-23(25)24-11-5-7-13-26(24)27/h1-15,18,27H,16-17,19-20H2,(H,34,39)(H,36,37). The number of amides is 2. The van der Waals surface area contributed by atoms with Crippen LogP contribution in [0.4, 0.5) is 10.5 Å². The van der Waals surface area contributed by atoms with Crippen molar-refractivity contribution in [2.45, 2.75) is 18.9 Å². The Morgan fingerprint density at radius 2 is 1.48 bits per heavy atom. The van der Waals surface area contributed by atoms with E-state index in [1.807, 2.05) is 54.6 Å². The normalized spacial score (nSPS) is 11.8. The molecule has 5 rings (SSSR count). The van der Waals surface area contributed by atoms with Crippen molar-refractivity contribution in [2.24, 2.45) is 0 Å². The van der Waals surface area contributed by atoms with Crippen LogP contribution in [0.15, 0.2) is 102 Å². The summed E-state index contributed by atoms with van der Waals surface area (Å²) in [5.41, 5.74) is 6.10. The first-order chi connectivity index (χ1) is 19.4. The molecule has 0 saturated heterocycles. The van der Waals surface area contributed by atoms with Crippen LogP contribution >= 0.6 is 15.9 Å². The summed E-state index contributed by atoms with van der Waals surface area (Å²) in [6.45, 7) is 0.475. The molecule has 0 spiro atoms. The first-order valence-corrected chi connectivity index (χ1v) is 13.7. The zero-order valence-corrected chi connectivity index (χ0v) is 23.1. The van der Waals surface area contributed by atoms with Crippen LogP contribution in [0, 0.1) is 0 Å². The van der Waals surface area contributed by atoms with Gasteiger partial charge in [-0.3, -0.25) is 14.9 Å². The summed E-state index contributed by atoms with van der Waals surface area (Å²) in [6, 6.07) is 30.5. The van der Waals surface area contributed by atoms with Crippen molar-refractivity contribution in [1.82, 2.24) is 4.90 Å². The number of hydrogen-bond donors (Lipinski definition) is 2. The fraction of sp³-hybridized carbons (Fsp3) is 0.156. The van der Waals surface area contributed by atoms with Gasteiger partial charge in [0, 0.05) is 29.0 Å². The highest BCUT2D eigenvalue weighted by molar-refractivity contribution is 9.10. The zero-order chi connectivity index (χ0) is 28.1. The second-order valence-electron chi connectivity index (χ2n) is 9.50. The Morgan fingerprint density at radius 1 is 0.850 bits per heavy atom. The molecule has 0 aliphatic heterocycles. The number of carboxylic acids is 1. The van der Waals surface area contributed by atoms with Crippen LogP contribution in [-0.2, 0) is 16.1 Å². The molecule has 0 unspecified atom stereocenters. The molecule has 40 heavy (non-hydrogen) atoms. The van der Waals surface area contributed by atoms with E-state index in [1.54, 1.807) is 18.2 Å². The Morgan fingerprint density at radius 3 is 2.12 bits per heavy atom. The number of aliphatic carboxylic acids is 1. The lowest BCUT2D eigenvalue weighted by molar-refractivity contribution is -0.137. The first kappa shape index (κ1) is 27.1. The third kappa shape index (κ3) is 6.07. The highest BCUT2D eigenvalue weighted by Gasteiger charge is 2.29. The number of carboxylic acid groups (broad SMARTS) is 1. The van der Waals surface area contributed by atoms with E-state index in [2.05, 4.69) is 45.5 Å². The molecule has 2 N–H and O–H groups in total. The minimum absolute atomic E-state index is 0.0499. The van der Waals surface area contributed by atoms with Crippen LogP contribution in [-0.4, -0.2) is 41.1 Å². The molecule has 8 heteroatoms. The number of carbonyl (C=O) groups excluding carboxylic acids is 2. The molecule has 0 heterocycles. The van der Waals surface area contributed by atoms with Crippen LogP contribution in [0.25, 0.3) is 11.1 Å². The number of hydrogen-bond acceptors (Lipinski definition) is 4. The molecule has 1 aliphatic rings. The van der Waals surface area contributed by atoms with Crippen LogP contribution in [0.5, 0.6) is 0 Å². The predicted molar refractivity (Wildman–Crippen MR) is 156 cm³/mol. The summed E-state index contributed by atoms with van der Waals surface area (Å²) in [5, 5.41) is 11.9. The van der Waals surface area contributed by atoms with Gasteiger partial charge in [0.2, 0.25) is 0 Å². The lowest BCUT2D eigenvalue weighted by Crippen LogP contribution is -2.32. The Balaban J connectivity index is 1.29. The molecule has 7 nitrogen and oxygen atoms in total. The number of rotatable bonds is 9. The Kier molecular flexibility index (Phi) is 8.26. The minimum atomic E-state index is -0.987. The van der Waals surface area contributed by atoms with Gasteiger partial charge in [-0.1, -0.05) is 78.9 Å². The van der Waals surface area contributed by atoms with E-state index in [-0.39, 0.29) is 37.9 Å². The molecule has 0 fully saturated rings. The van der Waals surface area contributed by atoms with Gasteiger partial charge in [0.05, 0.1) is 12.1 Å². The fourth-order valence-electron chi connectivity index (χ4n) is 4.97. The van der Waals surface area contributed by atoms with Crippen molar-refractivity contribution in [2.75, 3.05) is 18.5 Å². The second-order valence-corrected chi connectivity index (χ2v) is 10.4. The van der Waals surface area contributed by atoms with Crippen LogP contribution < -0.4 is 5.32 Å². The molecule has 0 bridgehead atoms. The number of ether oxygens (including phenoxy) is 1. The number of nitrogens with one attached hydrogen (secondary N) is 1. The topological polar surface area (TPSA) is 95.9 Å².